The number of nitrogens with one attached hydrogen (secondary N) is 1. The van der Waals surface area contributed by atoms with Crippen molar-refractivity contribution in [1.29, 1.82) is 0 Å². The minimum absolute atomic E-state index is 0.326. The number of benzene rings is 4. The maximum atomic E-state index is 13.5. The van der Waals surface area contributed by atoms with Crippen LogP contribution < -0.4 is 10.9 Å². The van der Waals surface area contributed by atoms with Crippen molar-refractivity contribution in [1.82, 2.24) is 5.16 Å². The molecule has 1 atom stereocenters. The second-order valence-corrected chi connectivity index (χ2v) is 8.54. The van der Waals surface area contributed by atoms with Crippen molar-refractivity contribution in [2.24, 2.45) is 0 Å². The Kier molecular flexibility index (Phi) is 6.38. The number of aromatic nitrogens is 1. The third-order valence-electron chi connectivity index (χ3n) is 6.05. The number of aryl methyl sites for hydroxylation is 1. The highest BCUT2D eigenvalue weighted by molar-refractivity contribution is 6.02. The van der Waals surface area contributed by atoms with Gasteiger partial charge in [0, 0.05) is 22.2 Å². The molecule has 180 valence electrons. The Balaban J connectivity index is 1.53. The quantitative estimate of drug-likeness (QED) is 0.347. The van der Waals surface area contributed by atoms with Gasteiger partial charge in [-0.15, -0.1) is 0 Å². The van der Waals surface area contributed by atoms with E-state index in [1.165, 1.54) is 0 Å². The van der Waals surface area contributed by atoms with Crippen LogP contribution in [-0.4, -0.2) is 16.2 Å². The van der Waals surface area contributed by atoms with E-state index in [0.29, 0.717) is 33.3 Å². The lowest BCUT2D eigenvalue weighted by Crippen LogP contribution is -2.39. The molecular weight excluding hydrogens is 464 g/mol. The van der Waals surface area contributed by atoms with Gasteiger partial charge in [0.25, 0.3) is 5.91 Å². The summed E-state index contributed by atoms with van der Waals surface area (Å²) in [4.78, 5) is 25.5. The fourth-order valence-electron chi connectivity index (χ4n) is 4.01. The third-order valence-corrected chi connectivity index (χ3v) is 6.05. The highest BCUT2D eigenvalue weighted by Crippen LogP contribution is 2.28. The average Bonchev–Trinajstić information content (AvgIpc) is 2.95. The number of carbonyl (C=O) groups is 1. The van der Waals surface area contributed by atoms with E-state index in [0.717, 1.165) is 11.1 Å². The zero-order chi connectivity index (χ0) is 25.8. The zero-order valence-electron chi connectivity index (χ0n) is 19.9. The molecule has 0 fully saturated rings. The number of fused-ring (bicyclic) bond motifs is 1. The molecule has 0 saturated heterocycles. The van der Waals surface area contributed by atoms with E-state index in [1.807, 2.05) is 60.7 Å². The molecule has 6 nitrogen and oxygen atoms in total. The van der Waals surface area contributed by atoms with E-state index in [4.69, 9.17) is 4.52 Å². The molecule has 0 saturated carbocycles. The van der Waals surface area contributed by atoms with Crippen LogP contribution in [0, 0.1) is 18.8 Å². The lowest BCUT2D eigenvalue weighted by atomic mass is 9.91. The number of anilines is 1. The number of aliphatic hydroxyl groups is 1. The van der Waals surface area contributed by atoms with Gasteiger partial charge in [-0.3, -0.25) is 4.79 Å². The van der Waals surface area contributed by atoms with Crippen LogP contribution in [0.5, 0.6) is 0 Å². The highest BCUT2D eigenvalue weighted by Gasteiger charge is 2.36. The zero-order valence-corrected chi connectivity index (χ0v) is 19.9. The molecule has 0 bridgehead atoms. The molecule has 5 aromatic rings. The molecule has 2 N–H and O–H groups in total. The van der Waals surface area contributed by atoms with Crippen LogP contribution in [0.15, 0.2) is 112 Å². The summed E-state index contributed by atoms with van der Waals surface area (Å²) in [6.45, 7) is 1.70. The number of hydrogen-bond acceptors (Lipinski definition) is 5. The first-order valence-electron chi connectivity index (χ1n) is 11.6. The monoisotopic (exact) mass is 486 g/mol. The Morgan fingerprint density at radius 3 is 2.22 bits per heavy atom. The summed E-state index contributed by atoms with van der Waals surface area (Å²) in [6, 6.07) is 30.8. The van der Waals surface area contributed by atoms with E-state index >= 15 is 0 Å². The molecule has 0 aliphatic heterocycles. The standard InChI is InChI=1S/C31H22N2O4/c1-21-28-20-26(16-17-27(28)29(34)37-33-21)32-30(35)31(36,19-18-22-8-4-2-5-9-22)25-14-12-24(13-15-25)23-10-6-3-7-11-23/h2-17,20,36H,1H3,(H,32,35). The molecular formula is C31H22N2O4. The van der Waals surface area contributed by atoms with Crippen molar-refractivity contribution in [3.05, 3.63) is 130 Å². The minimum atomic E-state index is -2.15. The Bertz CT molecular complexity index is 1700. The van der Waals surface area contributed by atoms with Gasteiger partial charge in [-0.25, -0.2) is 4.79 Å². The normalized spacial score (nSPS) is 12.3. The van der Waals surface area contributed by atoms with Gasteiger partial charge < -0.3 is 14.9 Å². The average molecular weight is 487 g/mol. The topological polar surface area (TPSA) is 92.4 Å². The number of amides is 1. The summed E-state index contributed by atoms with van der Waals surface area (Å²) >= 11 is 0. The fraction of sp³-hybridized carbons (Fsp3) is 0.0645. The van der Waals surface area contributed by atoms with Crippen LogP contribution in [0.25, 0.3) is 21.9 Å². The van der Waals surface area contributed by atoms with Gasteiger partial charge in [0.15, 0.2) is 0 Å². The van der Waals surface area contributed by atoms with Crippen LogP contribution in [-0.2, 0) is 10.4 Å². The van der Waals surface area contributed by atoms with Crippen LogP contribution in [0.2, 0.25) is 0 Å². The first kappa shape index (κ1) is 23.7. The lowest BCUT2D eigenvalue weighted by Gasteiger charge is -2.22. The lowest BCUT2D eigenvalue weighted by molar-refractivity contribution is -0.129. The Morgan fingerprint density at radius 2 is 1.51 bits per heavy atom. The van der Waals surface area contributed by atoms with Crippen LogP contribution in [0.1, 0.15) is 16.8 Å². The highest BCUT2D eigenvalue weighted by atomic mass is 16.5. The molecule has 37 heavy (non-hydrogen) atoms. The van der Waals surface area contributed by atoms with Crippen molar-refractivity contribution >= 4 is 22.4 Å². The Morgan fingerprint density at radius 1 is 0.865 bits per heavy atom. The third kappa shape index (κ3) is 4.90. The number of hydrogen-bond donors (Lipinski definition) is 2. The van der Waals surface area contributed by atoms with Gasteiger partial charge in [-0.05, 0) is 54.3 Å². The number of rotatable bonds is 4. The van der Waals surface area contributed by atoms with Gasteiger partial charge in [-0.2, -0.15) is 0 Å². The molecule has 0 spiro atoms. The summed E-state index contributed by atoms with van der Waals surface area (Å²) in [6.07, 6.45) is 0. The smallest absolute Gasteiger partial charge is 0.366 e. The van der Waals surface area contributed by atoms with Crippen molar-refractivity contribution in [3.63, 3.8) is 0 Å². The van der Waals surface area contributed by atoms with Crippen LogP contribution >= 0.6 is 0 Å². The van der Waals surface area contributed by atoms with Gasteiger partial charge >= 0.3 is 5.63 Å². The summed E-state index contributed by atoms with van der Waals surface area (Å²) in [5.41, 5.74) is 1.11. The number of carbonyl (C=O) groups excluding carboxylic acids is 1. The van der Waals surface area contributed by atoms with Gasteiger partial charge in [0.05, 0.1) is 11.1 Å². The van der Waals surface area contributed by atoms with E-state index in [1.54, 1.807) is 49.4 Å². The van der Waals surface area contributed by atoms with Crippen molar-refractivity contribution in [2.45, 2.75) is 12.5 Å². The van der Waals surface area contributed by atoms with Crippen molar-refractivity contribution < 1.29 is 14.4 Å². The van der Waals surface area contributed by atoms with Gasteiger partial charge in [-0.1, -0.05) is 83.9 Å². The Labute approximate surface area is 213 Å². The van der Waals surface area contributed by atoms with Crippen LogP contribution in [0.3, 0.4) is 0 Å². The second kappa shape index (κ2) is 9.94. The van der Waals surface area contributed by atoms with Gasteiger partial charge in [0.1, 0.15) is 0 Å². The molecule has 5 rings (SSSR count). The predicted octanol–water partition coefficient (Wildman–Crippen LogP) is 5.04. The molecule has 0 aliphatic rings. The molecule has 1 heterocycles. The summed E-state index contributed by atoms with van der Waals surface area (Å²) in [5, 5.41) is 19.1. The van der Waals surface area contributed by atoms with Gasteiger partial charge in [0.2, 0.25) is 5.60 Å². The molecule has 0 radical (unpaired) electrons. The molecule has 6 heteroatoms. The van der Waals surface area contributed by atoms with E-state index in [2.05, 4.69) is 22.3 Å². The Hall–Kier alpha value is -4.99. The first-order valence-corrected chi connectivity index (χ1v) is 11.6. The van der Waals surface area contributed by atoms with Crippen LogP contribution in [0.4, 0.5) is 5.69 Å². The molecule has 4 aromatic carbocycles. The molecule has 1 amide bonds. The molecule has 1 unspecified atom stereocenters. The SMILES string of the molecule is Cc1noc(=O)c2ccc(NC(=O)C(O)(C#Cc3ccccc3)c3ccc(-c4ccccc4)cc3)cc12. The largest absolute Gasteiger partial charge is 0.366 e. The minimum Gasteiger partial charge on any atom is -0.366 e. The molecule has 0 aliphatic carbocycles. The molecule has 1 aromatic heterocycles. The summed E-state index contributed by atoms with van der Waals surface area (Å²) in [5.74, 6) is 4.97. The van der Waals surface area contributed by atoms with Crippen molar-refractivity contribution in [2.75, 3.05) is 5.32 Å². The summed E-state index contributed by atoms with van der Waals surface area (Å²) < 4.78 is 4.77. The fourth-order valence-corrected chi connectivity index (χ4v) is 4.01. The predicted molar refractivity (Wildman–Crippen MR) is 143 cm³/mol. The first-order chi connectivity index (χ1) is 17.9. The summed E-state index contributed by atoms with van der Waals surface area (Å²) in [7, 11) is 0. The van der Waals surface area contributed by atoms with Crippen molar-refractivity contribution in [3.8, 4) is 23.0 Å². The maximum Gasteiger partial charge on any atom is 0.366 e. The number of nitrogens with zero attached hydrogens (tertiary/aromatic N) is 1. The maximum absolute atomic E-state index is 13.5. The van der Waals surface area contributed by atoms with E-state index in [-0.39, 0.29) is 0 Å². The van der Waals surface area contributed by atoms with E-state index < -0.39 is 17.1 Å². The second-order valence-electron chi connectivity index (χ2n) is 8.54. The van der Waals surface area contributed by atoms with E-state index in [9.17, 15) is 14.7 Å².